The number of halogens is 3. The van der Waals surface area contributed by atoms with E-state index in [-0.39, 0.29) is 29.7 Å². The van der Waals surface area contributed by atoms with Crippen LogP contribution in [-0.2, 0) is 4.79 Å². The third-order valence-corrected chi connectivity index (χ3v) is 5.41. The van der Waals surface area contributed by atoms with Crippen LogP contribution in [-0.4, -0.2) is 41.0 Å². The third kappa shape index (κ3) is 4.64. The summed E-state index contributed by atoms with van der Waals surface area (Å²) >= 11 is 0. The zero-order valence-electron chi connectivity index (χ0n) is 17.7. The first kappa shape index (κ1) is 22.3. The van der Waals surface area contributed by atoms with Gasteiger partial charge in [0.1, 0.15) is 24.0 Å². The second-order valence-electron chi connectivity index (χ2n) is 7.68. The summed E-state index contributed by atoms with van der Waals surface area (Å²) in [5.74, 6) is -2.73. The lowest BCUT2D eigenvalue weighted by Crippen LogP contribution is -2.39. The topological polar surface area (TPSA) is 53.0 Å². The maximum atomic E-state index is 14.6. The molecule has 1 aliphatic heterocycles. The summed E-state index contributed by atoms with van der Waals surface area (Å²) in [5, 5.41) is 5.41. The van der Waals surface area contributed by atoms with Crippen LogP contribution in [0.2, 0.25) is 0 Å². The summed E-state index contributed by atoms with van der Waals surface area (Å²) in [5.41, 5.74) is 0.847. The van der Waals surface area contributed by atoms with Crippen molar-refractivity contribution in [2.75, 3.05) is 13.6 Å². The summed E-state index contributed by atoms with van der Waals surface area (Å²) in [7, 11) is 1.40. The smallest absolute Gasteiger partial charge is 0.262 e. The highest BCUT2D eigenvalue weighted by atomic mass is 19.1. The molecule has 4 rings (SSSR count). The highest BCUT2D eigenvalue weighted by Gasteiger charge is 2.36. The van der Waals surface area contributed by atoms with Crippen molar-refractivity contribution < 1.29 is 22.8 Å². The number of carbonyl (C=O) groups is 2. The molecule has 8 heteroatoms. The molecule has 3 aromatic carbocycles. The van der Waals surface area contributed by atoms with Crippen LogP contribution in [0.4, 0.5) is 13.2 Å². The molecule has 0 radical (unpaired) electrons. The first-order valence-electron chi connectivity index (χ1n) is 10.2. The molecule has 0 unspecified atom stereocenters. The van der Waals surface area contributed by atoms with Gasteiger partial charge in [0.2, 0.25) is 0 Å². The van der Waals surface area contributed by atoms with E-state index >= 15 is 0 Å². The van der Waals surface area contributed by atoms with Gasteiger partial charge in [-0.3, -0.25) is 9.59 Å². The Morgan fingerprint density at radius 2 is 1.67 bits per heavy atom. The van der Waals surface area contributed by atoms with E-state index in [1.54, 1.807) is 30.3 Å². The van der Waals surface area contributed by atoms with Gasteiger partial charge < -0.3 is 4.90 Å². The Morgan fingerprint density at radius 1 is 0.970 bits per heavy atom. The fourth-order valence-electron chi connectivity index (χ4n) is 3.77. The van der Waals surface area contributed by atoms with Gasteiger partial charge in [0.15, 0.2) is 0 Å². The van der Waals surface area contributed by atoms with E-state index in [1.807, 2.05) is 0 Å². The van der Waals surface area contributed by atoms with Crippen LogP contribution in [0.3, 0.4) is 0 Å². The zero-order valence-corrected chi connectivity index (χ0v) is 17.7. The Bertz CT molecular complexity index is 1240. The number of rotatable bonds is 5. The molecule has 0 aliphatic carbocycles. The number of hydrazone groups is 1. The lowest BCUT2D eigenvalue weighted by Gasteiger charge is -2.25. The number of amides is 2. The highest BCUT2D eigenvalue weighted by Crippen LogP contribution is 2.34. The van der Waals surface area contributed by atoms with E-state index in [0.717, 1.165) is 16.0 Å². The quantitative estimate of drug-likeness (QED) is 0.571. The molecule has 0 saturated carbocycles. The average molecular weight is 451 g/mol. The Hall–Kier alpha value is -3.94. The monoisotopic (exact) mass is 451 g/mol. The molecular weight excluding hydrogens is 431 g/mol. The fourth-order valence-corrected chi connectivity index (χ4v) is 3.77. The van der Waals surface area contributed by atoms with Gasteiger partial charge in [-0.2, -0.15) is 5.10 Å². The van der Waals surface area contributed by atoms with Crippen molar-refractivity contribution in [3.63, 3.8) is 0 Å². The number of likely N-dealkylation sites (N-methyl/N-ethyl adjacent to an activating group) is 1. The Kier molecular flexibility index (Phi) is 6.26. The number of hydrogen-bond donors (Lipinski definition) is 0. The minimum Gasteiger partial charge on any atom is -0.332 e. The van der Waals surface area contributed by atoms with Crippen molar-refractivity contribution in [2.24, 2.45) is 5.10 Å². The third-order valence-electron chi connectivity index (χ3n) is 5.41. The van der Waals surface area contributed by atoms with Gasteiger partial charge in [-0.25, -0.2) is 18.2 Å². The molecule has 168 valence electrons. The molecule has 1 heterocycles. The van der Waals surface area contributed by atoms with E-state index in [9.17, 15) is 22.8 Å². The second kappa shape index (κ2) is 9.28. The largest absolute Gasteiger partial charge is 0.332 e. The molecule has 33 heavy (non-hydrogen) atoms. The number of nitrogens with zero attached hydrogens (tertiary/aromatic N) is 3. The summed E-state index contributed by atoms with van der Waals surface area (Å²) in [4.78, 5) is 26.9. The highest BCUT2D eigenvalue weighted by molar-refractivity contribution is 6.04. The Morgan fingerprint density at radius 3 is 2.36 bits per heavy atom. The van der Waals surface area contributed by atoms with Crippen molar-refractivity contribution in [1.29, 1.82) is 0 Å². The molecule has 0 N–H and O–H groups in total. The van der Waals surface area contributed by atoms with Crippen molar-refractivity contribution in [2.45, 2.75) is 12.5 Å². The molecular formula is C25H20F3N3O2. The van der Waals surface area contributed by atoms with Gasteiger partial charge in [0.05, 0.1) is 11.8 Å². The van der Waals surface area contributed by atoms with Crippen LogP contribution in [0.25, 0.3) is 0 Å². The predicted octanol–water partition coefficient (Wildman–Crippen LogP) is 4.55. The molecule has 0 aromatic heterocycles. The van der Waals surface area contributed by atoms with Crippen LogP contribution in [0.15, 0.2) is 77.9 Å². The Balaban J connectivity index is 1.62. The van der Waals surface area contributed by atoms with Crippen LogP contribution >= 0.6 is 0 Å². The van der Waals surface area contributed by atoms with Crippen molar-refractivity contribution in [1.82, 2.24) is 9.91 Å². The fraction of sp³-hybridized carbons (Fsp3) is 0.160. The standard InChI is InChI=1S/C25H20F3N3O2/c1-30(25(33)16-7-6-8-17(26)13-16)15-24(32)31-23(19-10-3-5-12-21(19)28)14-22(29-31)18-9-2-4-11-20(18)27/h2-13,23H,14-15H2,1H3/t23-/m1/s1. The second-order valence-corrected chi connectivity index (χ2v) is 7.68. The minimum atomic E-state index is -0.800. The van der Waals surface area contributed by atoms with Crippen LogP contribution in [0, 0.1) is 17.5 Å². The summed E-state index contributed by atoms with van der Waals surface area (Å²) in [6, 6.07) is 16.3. The number of benzene rings is 3. The summed E-state index contributed by atoms with van der Waals surface area (Å²) in [6.45, 7) is -0.381. The molecule has 1 atom stereocenters. The summed E-state index contributed by atoms with van der Waals surface area (Å²) < 4.78 is 42.4. The maximum Gasteiger partial charge on any atom is 0.262 e. The van der Waals surface area contributed by atoms with Gasteiger partial charge >= 0.3 is 0 Å². The van der Waals surface area contributed by atoms with E-state index in [2.05, 4.69) is 5.10 Å². The lowest BCUT2D eigenvalue weighted by atomic mass is 9.97. The van der Waals surface area contributed by atoms with Gasteiger partial charge in [-0.15, -0.1) is 0 Å². The van der Waals surface area contributed by atoms with Crippen molar-refractivity contribution >= 4 is 17.5 Å². The number of carbonyl (C=O) groups excluding carboxylic acids is 2. The first-order chi connectivity index (χ1) is 15.8. The molecule has 1 aliphatic rings. The predicted molar refractivity (Wildman–Crippen MR) is 117 cm³/mol. The molecule has 0 bridgehead atoms. The van der Waals surface area contributed by atoms with E-state index in [1.165, 1.54) is 43.4 Å². The summed E-state index contributed by atoms with van der Waals surface area (Å²) in [6.07, 6.45) is 0.106. The molecule has 0 fully saturated rings. The molecule has 0 saturated heterocycles. The van der Waals surface area contributed by atoms with Gasteiger partial charge in [0, 0.05) is 30.2 Å². The molecule has 2 amide bonds. The normalized spacial score (nSPS) is 15.3. The average Bonchev–Trinajstić information content (AvgIpc) is 3.24. The molecule has 0 spiro atoms. The van der Waals surface area contributed by atoms with Crippen molar-refractivity contribution in [3.8, 4) is 0 Å². The van der Waals surface area contributed by atoms with Gasteiger partial charge in [-0.05, 0) is 30.3 Å². The minimum absolute atomic E-state index is 0.0907. The van der Waals surface area contributed by atoms with Gasteiger partial charge in [0.25, 0.3) is 11.8 Å². The zero-order chi connectivity index (χ0) is 23.5. The first-order valence-corrected chi connectivity index (χ1v) is 10.2. The number of hydrogen-bond acceptors (Lipinski definition) is 3. The van der Waals surface area contributed by atoms with E-state index in [0.29, 0.717) is 5.71 Å². The van der Waals surface area contributed by atoms with Crippen LogP contribution < -0.4 is 0 Å². The van der Waals surface area contributed by atoms with E-state index < -0.39 is 35.3 Å². The van der Waals surface area contributed by atoms with Gasteiger partial charge in [-0.1, -0.05) is 42.5 Å². The van der Waals surface area contributed by atoms with Crippen molar-refractivity contribution in [3.05, 3.63) is 107 Å². The maximum absolute atomic E-state index is 14.6. The molecule has 3 aromatic rings. The SMILES string of the molecule is CN(CC(=O)N1N=C(c2ccccc2F)C[C@@H]1c1ccccc1F)C(=O)c1cccc(F)c1. The van der Waals surface area contributed by atoms with Crippen LogP contribution in [0.1, 0.15) is 33.9 Å². The van der Waals surface area contributed by atoms with Crippen LogP contribution in [0.5, 0.6) is 0 Å². The lowest BCUT2D eigenvalue weighted by molar-refractivity contribution is -0.133. The van der Waals surface area contributed by atoms with E-state index in [4.69, 9.17) is 0 Å². The molecule has 5 nitrogen and oxygen atoms in total. The Labute approximate surface area is 188 Å².